The van der Waals surface area contributed by atoms with Gasteiger partial charge in [-0.2, -0.15) is 0 Å². The molecule has 0 fully saturated rings. The molecule has 8 nitrogen and oxygen atoms in total. The number of aromatic nitrogens is 1. The zero-order chi connectivity index (χ0) is 21.8. The average Bonchev–Trinajstić information content (AvgIpc) is 2.72. The van der Waals surface area contributed by atoms with Crippen LogP contribution >= 0.6 is 0 Å². The Kier molecular flexibility index (Phi) is 9.33. The first-order chi connectivity index (χ1) is 14.5. The topological polar surface area (TPSA) is 139 Å². The molecule has 2 aromatic rings. The van der Waals surface area contributed by atoms with Crippen molar-refractivity contribution in [1.82, 2.24) is 10.3 Å². The first-order valence-corrected chi connectivity index (χ1v) is 9.87. The summed E-state index contributed by atoms with van der Waals surface area (Å²) in [6.45, 7) is 2.43. The molecular formula is C22H30N6O2. The van der Waals surface area contributed by atoms with Crippen LogP contribution in [0.25, 0.3) is 5.57 Å². The molecule has 2 rings (SSSR count). The quantitative estimate of drug-likeness (QED) is 0.266. The van der Waals surface area contributed by atoms with Gasteiger partial charge in [0, 0.05) is 43.3 Å². The van der Waals surface area contributed by atoms with E-state index in [2.05, 4.69) is 20.6 Å². The fourth-order valence-corrected chi connectivity index (χ4v) is 2.99. The molecule has 1 aromatic heterocycles. The number of carbonyl (C=O) groups is 1. The number of aliphatic imine (C=N–C) groups is 1. The van der Waals surface area contributed by atoms with E-state index in [1.165, 1.54) is 6.20 Å². The largest absolute Gasteiger partial charge is 0.481 e. The SMILES string of the molecule is CN=C/C(=C\N)c1cnc(N)c(NCCCNCCc2cccc(CC(=O)O)c2)c1. The van der Waals surface area contributed by atoms with Gasteiger partial charge in [0.2, 0.25) is 0 Å². The molecule has 0 aliphatic carbocycles. The Labute approximate surface area is 177 Å². The summed E-state index contributed by atoms with van der Waals surface area (Å²) in [4.78, 5) is 19.0. The highest BCUT2D eigenvalue weighted by molar-refractivity contribution is 6.09. The van der Waals surface area contributed by atoms with Gasteiger partial charge in [0.05, 0.1) is 12.1 Å². The summed E-state index contributed by atoms with van der Waals surface area (Å²) in [7, 11) is 1.69. The third kappa shape index (κ3) is 7.56. The molecule has 0 spiro atoms. The highest BCUT2D eigenvalue weighted by atomic mass is 16.4. The fourth-order valence-electron chi connectivity index (χ4n) is 2.99. The predicted molar refractivity (Wildman–Crippen MR) is 123 cm³/mol. The number of nitrogens with two attached hydrogens (primary N) is 2. The molecule has 0 radical (unpaired) electrons. The summed E-state index contributed by atoms with van der Waals surface area (Å²) in [5.41, 5.74) is 16.0. The van der Waals surface area contributed by atoms with Crippen LogP contribution in [0.5, 0.6) is 0 Å². The summed E-state index contributed by atoms with van der Waals surface area (Å²) in [6, 6.07) is 9.63. The van der Waals surface area contributed by atoms with Crippen molar-refractivity contribution in [3.8, 4) is 0 Å². The summed E-state index contributed by atoms with van der Waals surface area (Å²) in [6.07, 6.45) is 6.67. The van der Waals surface area contributed by atoms with Crippen LogP contribution in [0.1, 0.15) is 23.1 Å². The molecule has 30 heavy (non-hydrogen) atoms. The smallest absolute Gasteiger partial charge is 0.307 e. The Hall–Kier alpha value is -3.39. The van der Waals surface area contributed by atoms with Gasteiger partial charge in [-0.15, -0.1) is 0 Å². The molecule has 0 amide bonds. The van der Waals surface area contributed by atoms with Crippen molar-refractivity contribution in [2.24, 2.45) is 10.7 Å². The molecule has 0 unspecified atom stereocenters. The van der Waals surface area contributed by atoms with Crippen LogP contribution in [0, 0.1) is 0 Å². The normalized spacial score (nSPS) is 11.7. The third-order valence-electron chi connectivity index (χ3n) is 4.48. The molecule has 1 aromatic carbocycles. The van der Waals surface area contributed by atoms with Gasteiger partial charge in [0.1, 0.15) is 5.82 Å². The number of anilines is 2. The number of carboxylic acids is 1. The minimum absolute atomic E-state index is 0.0555. The number of benzene rings is 1. The fraction of sp³-hybridized carbons (Fsp3) is 0.318. The number of hydrogen-bond donors (Lipinski definition) is 5. The Morgan fingerprint density at radius 2 is 2.03 bits per heavy atom. The van der Waals surface area contributed by atoms with E-state index in [-0.39, 0.29) is 6.42 Å². The Bertz CT molecular complexity index is 895. The molecule has 7 N–H and O–H groups in total. The van der Waals surface area contributed by atoms with E-state index in [9.17, 15) is 4.79 Å². The maximum atomic E-state index is 10.8. The van der Waals surface area contributed by atoms with Gasteiger partial charge in [0.15, 0.2) is 0 Å². The lowest BCUT2D eigenvalue weighted by atomic mass is 10.1. The van der Waals surface area contributed by atoms with Gasteiger partial charge in [-0.25, -0.2) is 4.98 Å². The van der Waals surface area contributed by atoms with Crippen molar-refractivity contribution < 1.29 is 9.90 Å². The lowest BCUT2D eigenvalue weighted by Crippen LogP contribution is -2.21. The van der Waals surface area contributed by atoms with Crippen LogP contribution in [0.2, 0.25) is 0 Å². The molecule has 0 aliphatic rings. The molecule has 0 saturated heterocycles. The van der Waals surface area contributed by atoms with Crippen LogP contribution < -0.4 is 22.1 Å². The lowest BCUT2D eigenvalue weighted by molar-refractivity contribution is -0.136. The minimum atomic E-state index is -0.812. The van der Waals surface area contributed by atoms with E-state index in [1.54, 1.807) is 19.5 Å². The summed E-state index contributed by atoms with van der Waals surface area (Å²) < 4.78 is 0. The van der Waals surface area contributed by atoms with E-state index in [1.807, 2.05) is 30.3 Å². The van der Waals surface area contributed by atoms with Crippen molar-refractivity contribution in [2.45, 2.75) is 19.3 Å². The van der Waals surface area contributed by atoms with Gasteiger partial charge in [-0.05, 0) is 43.1 Å². The van der Waals surface area contributed by atoms with Crippen LogP contribution in [-0.4, -0.2) is 49.0 Å². The highest BCUT2D eigenvalue weighted by Crippen LogP contribution is 2.21. The lowest BCUT2D eigenvalue weighted by Gasteiger charge is -2.11. The molecule has 0 bridgehead atoms. The summed E-state index contributed by atoms with van der Waals surface area (Å²) >= 11 is 0. The van der Waals surface area contributed by atoms with Gasteiger partial charge in [-0.1, -0.05) is 24.3 Å². The number of nitrogens with one attached hydrogen (secondary N) is 2. The molecule has 1 heterocycles. The van der Waals surface area contributed by atoms with Crippen LogP contribution in [0.4, 0.5) is 11.5 Å². The van der Waals surface area contributed by atoms with Crippen molar-refractivity contribution in [2.75, 3.05) is 37.7 Å². The van der Waals surface area contributed by atoms with Crippen molar-refractivity contribution in [3.63, 3.8) is 0 Å². The highest BCUT2D eigenvalue weighted by Gasteiger charge is 2.05. The standard InChI is InChI=1S/C22H30N6O2/c1-25-14-19(13-23)18-12-20(22(24)28-15-18)27-8-3-7-26-9-6-16-4-2-5-17(10-16)11-21(29)30/h2,4-5,10,12-15,26-27H,3,6-9,11,23H2,1H3,(H2,24,28)(H,29,30)/b19-13+,25-14?. The zero-order valence-electron chi connectivity index (χ0n) is 17.3. The maximum Gasteiger partial charge on any atom is 0.307 e. The average molecular weight is 411 g/mol. The second-order valence-electron chi connectivity index (χ2n) is 6.84. The molecule has 0 saturated carbocycles. The molecule has 0 atom stereocenters. The predicted octanol–water partition coefficient (Wildman–Crippen LogP) is 1.93. The maximum absolute atomic E-state index is 10.8. The Morgan fingerprint density at radius 1 is 1.23 bits per heavy atom. The second-order valence-corrected chi connectivity index (χ2v) is 6.84. The van der Waals surface area contributed by atoms with Crippen molar-refractivity contribution in [3.05, 3.63) is 59.4 Å². The van der Waals surface area contributed by atoms with E-state index in [0.29, 0.717) is 5.82 Å². The molecule has 160 valence electrons. The minimum Gasteiger partial charge on any atom is -0.481 e. The van der Waals surface area contributed by atoms with Crippen LogP contribution in [0.15, 0.2) is 47.7 Å². The van der Waals surface area contributed by atoms with Gasteiger partial charge >= 0.3 is 5.97 Å². The molecule has 8 heteroatoms. The molecular weight excluding hydrogens is 380 g/mol. The monoisotopic (exact) mass is 410 g/mol. The number of nitrogens with zero attached hydrogens (tertiary/aromatic N) is 2. The van der Waals surface area contributed by atoms with E-state index >= 15 is 0 Å². The number of nitrogen functional groups attached to an aromatic ring is 1. The van der Waals surface area contributed by atoms with Crippen molar-refractivity contribution >= 4 is 29.3 Å². The number of carboxylic acid groups (broad SMARTS) is 1. The van der Waals surface area contributed by atoms with Gasteiger partial charge in [-0.3, -0.25) is 9.79 Å². The van der Waals surface area contributed by atoms with Gasteiger partial charge < -0.3 is 27.2 Å². The summed E-state index contributed by atoms with van der Waals surface area (Å²) in [5.74, 6) is -0.370. The summed E-state index contributed by atoms with van der Waals surface area (Å²) in [5, 5.41) is 15.6. The number of rotatable bonds is 12. The molecule has 0 aliphatic heterocycles. The first-order valence-electron chi connectivity index (χ1n) is 9.87. The van der Waals surface area contributed by atoms with Crippen LogP contribution in [0.3, 0.4) is 0 Å². The second kappa shape index (κ2) is 12.2. The number of hydrogen-bond acceptors (Lipinski definition) is 7. The first kappa shape index (κ1) is 22.9. The van der Waals surface area contributed by atoms with E-state index < -0.39 is 5.97 Å². The number of pyridine rings is 1. The Morgan fingerprint density at radius 3 is 2.77 bits per heavy atom. The van der Waals surface area contributed by atoms with E-state index in [4.69, 9.17) is 16.6 Å². The third-order valence-corrected chi connectivity index (χ3v) is 4.48. The number of aliphatic carboxylic acids is 1. The number of allylic oxidation sites excluding steroid dienone is 1. The van der Waals surface area contributed by atoms with Crippen molar-refractivity contribution in [1.29, 1.82) is 0 Å². The van der Waals surface area contributed by atoms with Crippen LogP contribution in [-0.2, 0) is 17.6 Å². The Balaban J connectivity index is 1.73. The van der Waals surface area contributed by atoms with E-state index in [0.717, 1.165) is 60.4 Å². The zero-order valence-corrected chi connectivity index (χ0v) is 17.3. The van der Waals surface area contributed by atoms with Gasteiger partial charge in [0.25, 0.3) is 0 Å².